The molecule has 1 spiro atoms. The number of carbonyl (C=O) groups excluding carboxylic acids is 1. The number of amides is 1. The first kappa shape index (κ1) is 14.6. The SMILES string of the molecule is CC(C)CN1CCC2(CC1)NC(=O)C[C@H]2c1cnn(C)c1. The van der Waals surface area contributed by atoms with Gasteiger partial charge in [0.1, 0.15) is 0 Å². The minimum absolute atomic E-state index is 0.0480. The molecule has 2 saturated heterocycles. The quantitative estimate of drug-likeness (QED) is 0.918. The van der Waals surface area contributed by atoms with E-state index in [1.807, 2.05) is 17.9 Å². The van der Waals surface area contributed by atoms with Crippen LogP contribution >= 0.6 is 0 Å². The lowest BCUT2D eigenvalue weighted by Gasteiger charge is -2.43. The lowest BCUT2D eigenvalue weighted by Crippen LogP contribution is -2.53. The van der Waals surface area contributed by atoms with Gasteiger partial charge in [-0.25, -0.2) is 0 Å². The second-order valence-corrected chi connectivity index (χ2v) is 7.10. The number of hydrogen-bond donors (Lipinski definition) is 1. The fourth-order valence-electron chi connectivity index (χ4n) is 3.98. The van der Waals surface area contributed by atoms with Gasteiger partial charge in [0.15, 0.2) is 0 Å². The van der Waals surface area contributed by atoms with E-state index < -0.39 is 0 Å². The highest BCUT2D eigenvalue weighted by Gasteiger charge is 2.48. The third kappa shape index (κ3) is 2.84. The molecule has 0 saturated carbocycles. The minimum Gasteiger partial charge on any atom is -0.350 e. The number of aromatic nitrogens is 2. The number of carbonyl (C=O) groups is 1. The molecule has 1 amide bonds. The van der Waals surface area contributed by atoms with Gasteiger partial charge >= 0.3 is 0 Å². The smallest absolute Gasteiger partial charge is 0.221 e. The normalized spacial score (nSPS) is 25.7. The summed E-state index contributed by atoms with van der Waals surface area (Å²) in [4.78, 5) is 14.5. The van der Waals surface area contributed by atoms with Crippen LogP contribution in [-0.4, -0.2) is 45.8 Å². The van der Waals surface area contributed by atoms with Crippen LogP contribution in [0.15, 0.2) is 12.4 Å². The van der Waals surface area contributed by atoms with Gasteiger partial charge in [0.2, 0.25) is 5.91 Å². The molecule has 5 heteroatoms. The Kier molecular flexibility index (Phi) is 3.78. The highest BCUT2D eigenvalue weighted by atomic mass is 16.2. The molecule has 1 aromatic heterocycles. The lowest BCUT2D eigenvalue weighted by atomic mass is 9.75. The minimum atomic E-state index is -0.0480. The van der Waals surface area contributed by atoms with E-state index in [2.05, 4.69) is 35.4 Å². The Morgan fingerprint density at radius 1 is 1.43 bits per heavy atom. The summed E-state index contributed by atoms with van der Waals surface area (Å²) in [6, 6.07) is 0. The molecule has 1 aromatic rings. The summed E-state index contributed by atoms with van der Waals surface area (Å²) < 4.78 is 1.83. The van der Waals surface area contributed by atoms with E-state index in [0.717, 1.165) is 32.5 Å². The van der Waals surface area contributed by atoms with E-state index in [1.54, 1.807) is 0 Å². The molecule has 0 radical (unpaired) electrons. The van der Waals surface area contributed by atoms with Crippen LogP contribution in [0.3, 0.4) is 0 Å². The molecule has 1 atom stereocenters. The van der Waals surface area contributed by atoms with Gasteiger partial charge in [-0.15, -0.1) is 0 Å². The Morgan fingerprint density at radius 2 is 2.14 bits per heavy atom. The zero-order chi connectivity index (χ0) is 15.0. The molecule has 3 rings (SSSR count). The number of hydrogen-bond acceptors (Lipinski definition) is 3. The van der Waals surface area contributed by atoms with Crippen LogP contribution in [0, 0.1) is 5.92 Å². The summed E-state index contributed by atoms with van der Waals surface area (Å²) in [5, 5.41) is 7.58. The Bertz CT molecular complexity index is 514. The maximum Gasteiger partial charge on any atom is 0.221 e. The van der Waals surface area contributed by atoms with E-state index >= 15 is 0 Å². The Hall–Kier alpha value is -1.36. The van der Waals surface area contributed by atoms with Crippen molar-refractivity contribution in [3.63, 3.8) is 0 Å². The maximum absolute atomic E-state index is 12.0. The maximum atomic E-state index is 12.0. The Labute approximate surface area is 126 Å². The third-order valence-corrected chi connectivity index (χ3v) is 4.94. The van der Waals surface area contributed by atoms with Gasteiger partial charge < -0.3 is 10.2 Å². The predicted octanol–water partition coefficient (Wildman–Crippen LogP) is 1.51. The van der Waals surface area contributed by atoms with E-state index in [9.17, 15) is 4.79 Å². The lowest BCUT2D eigenvalue weighted by molar-refractivity contribution is -0.120. The molecule has 2 aliphatic heterocycles. The molecular weight excluding hydrogens is 264 g/mol. The van der Waals surface area contributed by atoms with Crippen LogP contribution in [-0.2, 0) is 11.8 Å². The van der Waals surface area contributed by atoms with E-state index in [-0.39, 0.29) is 17.4 Å². The third-order valence-electron chi connectivity index (χ3n) is 4.94. The molecule has 5 nitrogen and oxygen atoms in total. The molecule has 0 aliphatic carbocycles. The van der Waals surface area contributed by atoms with Gasteiger partial charge in [0.05, 0.1) is 6.20 Å². The van der Waals surface area contributed by atoms with Crippen molar-refractivity contribution in [3.05, 3.63) is 18.0 Å². The van der Waals surface area contributed by atoms with Crippen LogP contribution < -0.4 is 5.32 Å². The van der Waals surface area contributed by atoms with Gasteiger partial charge in [0, 0.05) is 50.8 Å². The van der Waals surface area contributed by atoms with Crippen LogP contribution in [0.1, 0.15) is 44.6 Å². The number of nitrogens with zero attached hydrogens (tertiary/aromatic N) is 3. The average Bonchev–Trinajstić information content (AvgIpc) is 2.96. The van der Waals surface area contributed by atoms with Crippen molar-refractivity contribution in [2.45, 2.75) is 44.6 Å². The summed E-state index contributed by atoms with van der Waals surface area (Å²) in [6.45, 7) is 7.84. The van der Waals surface area contributed by atoms with Gasteiger partial charge in [-0.05, 0) is 24.3 Å². The first-order chi connectivity index (χ1) is 9.98. The Balaban J connectivity index is 1.75. The number of nitrogens with one attached hydrogen (secondary N) is 1. The highest BCUT2D eigenvalue weighted by Crippen LogP contribution is 2.42. The molecule has 0 unspecified atom stereocenters. The summed E-state index contributed by atoms with van der Waals surface area (Å²) in [5.41, 5.74) is 1.15. The summed E-state index contributed by atoms with van der Waals surface area (Å²) in [5.74, 6) is 1.17. The monoisotopic (exact) mass is 290 g/mol. The van der Waals surface area contributed by atoms with E-state index in [1.165, 1.54) is 5.56 Å². The van der Waals surface area contributed by atoms with Gasteiger partial charge in [0.25, 0.3) is 0 Å². The first-order valence-electron chi connectivity index (χ1n) is 8.00. The van der Waals surface area contributed by atoms with Gasteiger partial charge in [-0.3, -0.25) is 9.48 Å². The van der Waals surface area contributed by atoms with Crippen LogP contribution in [0.4, 0.5) is 0 Å². The van der Waals surface area contributed by atoms with Crippen LogP contribution in [0.5, 0.6) is 0 Å². The number of likely N-dealkylation sites (tertiary alicyclic amines) is 1. The summed E-state index contributed by atoms with van der Waals surface area (Å²) in [6.07, 6.45) is 6.69. The van der Waals surface area contributed by atoms with Crippen molar-refractivity contribution in [2.75, 3.05) is 19.6 Å². The number of rotatable bonds is 3. The topological polar surface area (TPSA) is 50.2 Å². The highest BCUT2D eigenvalue weighted by molar-refractivity contribution is 5.81. The standard InChI is InChI=1S/C16H26N4O/c1-12(2)10-20-6-4-16(5-7-20)14(8-15(21)18-16)13-9-17-19(3)11-13/h9,11-12,14H,4-8,10H2,1-3H3,(H,18,21)/t14-/m0/s1. The predicted molar refractivity (Wildman–Crippen MR) is 82.0 cm³/mol. The molecule has 1 N–H and O–H groups in total. The van der Waals surface area contributed by atoms with Crippen molar-refractivity contribution in [3.8, 4) is 0 Å². The average molecular weight is 290 g/mol. The zero-order valence-corrected chi connectivity index (χ0v) is 13.3. The van der Waals surface area contributed by atoms with Crippen molar-refractivity contribution in [1.29, 1.82) is 0 Å². The largest absolute Gasteiger partial charge is 0.350 e. The van der Waals surface area contributed by atoms with Crippen molar-refractivity contribution in [2.24, 2.45) is 13.0 Å². The van der Waals surface area contributed by atoms with Crippen molar-refractivity contribution < 1.29 is 4.79 Å². The molecule has 0 aromatic carbocycles. The van der Waals surface area contributed by atoms with E-state index in [4.69, 9.17) is 0 Å². The summed E-state index contributed by atoms with van der Waals surface area (Å²) in [7, 11) is 1.94. The second kappa shape index (κ2) is 5.44. The molecular formula is C16H26N4O. The first-order valence-corrected chi connectivity index (χ1v) is 8.00. The molecule has 0 bridgehead atoms. The van der Waals surface area contributed by atoms with Gasteiger partial charge in [-0.1, -0.05) is 13.8 Å². The molecule has 2 aliphatic rings. The van der Waals surface area contributed by atoms with E-state index in [0.29, 0.717) is 12.3 Å². The van der Waals surface area contributed by atoms with Crippen LogP contribution in [0.2, 0.25) is 0 Å². The second-order valence-electron chi connectivity index (χ2n) is 7.10. The molecule has 116 valence electrons. The van der Waals surface area contributed by atoms with Crippen LogP contribution in [0.25, 0.3) is 0 Å². The van der Waals surface area contributed by atoms with Crippen molar-refractivity contribution >= 4 is 5.91 Å². The molecule has 21 heavy (non-hydrogen) atoms. The number of aryl methyl sites for hydroxylation is 1. The zero-order valence-electron chi connectivity index (χ0n) is 13.3. The fraction of sp³-hybridized carbons (Fsp3) is 0.750. The fourth-order valence-corrected chi connectivity index (χ4v) is 3.98. The molecule has 3 heterocycles. The van der Waals surface area contributed by atoms with Crippen molar-refractivity contribution in [1.82, 2.24) is 20.0 Å². The Morgan fingerprint density at radius 3 is 2.71 bits per heavy atom. The number of piperidine rings is 1. The van der Waals surface area contributed by atoms with Gasteiger partial charge in [-0.2, -0.15) is 5.10 Å². The summed E-state index contributed by atoms with van der Waals surface area (Å²) >= 11 is 0. The molecule has 2 fully saturated rings.